The minimum atomic E-state index is 0.236. The van der Waals surface area contributed by atoms with Gasteiger partial charge in [0.2, 0.25) is 0 Å². The van der Waals surface area contributed by atoms with E-state index in [9.17, 15) is 0 Å². The predicted octanol–water partition coefficient (Wildman–Crippen LogP) is -0.115. The van der Waals surface area contributed by atoms with Crippen molar-refractivity contribution in [3.8, 4) is 0 Å². The zero-order valence-electron chi connectivity index (χ0n) is 6.70. The highest BCUT2D eigenvalue weighted by Gasteiger charge is 2.12. The molecule has 0 aliphatic heterocycles. The summed E-state index contributed by atoms with van der Waals surface area (Å²) in [6.45, 7) is 3.95. The minimum Gasteiger partial charge on any atom is -0.381 e. The van der Waals surface area contributed by atoms with Gasteiger partial charge in [0.15, 0.2) is 11.6 Å². The van der Waals surface area contributed by atoms with Crippen LogP contribution in [0.2, 0.25) is 0 Å². The molecule has 0 atom stereocenters. The third-order valence-electron chi connectivity index (χ3n) is 1.52. The Kier molecular flexibility index (Phi) is 1.64. The smallest absolute Gasteiger partial charge is 0.168 e. The fraction of sp³-hybridized carbons (Fsp3) is 0.500. The zero-order chi connectivity index (χ0) is 8.59. The van der Waals surface area contributed by atoms with E-state index in [2.05, 4.69) is 4.98 Å². The van der Waals surface area contributed by atoms with Gasteiger partial charge in [-0.2, -0.15) is 0 Å². The Morgan fingerprint density at radius 2 is 1.91 bits per heavy atom. The Morgan fingerprint density at radius 3 is 2.09 bits per heavy atom. The molecule has 0 fully saturated rings. The summed E-state index contributed by atoms with van der Waals surface area (Å²) in [7, 11) is 0. The lowest BCUT2D eigenvalue weighted by molar-refractivity contribution is 0.739. The monoisotopic (exact) mass is 155 g/mol. The van der Waals surface area contributed by atoms with Gasteiger partial charge in [-0.15, -0.1) is 0 Å². The molecular weight excluding hydrogens is 142 g/mol. The summed E-state index contributed by atoms with van der Waals surface area (Å²) in [6.07, 6.45) is 0. The quantitative estimate of drug-likeness (QED) is 0.493. The molecule has 0 bridgehead atoms. The molecule has 5 heteroatoms. The third-order valence-corrected chi connectivity index (χ3v) is 1.52. The molecule has 0 aliphatic carbocycles. The molecule has 0 amide bonds. The van der Waals surface area contributed by atoms with Crippen molar-refractivity contribution in [1.82, 2.24) is 9.66 Å². The molecule has 1 heterocycles. The van der Waals surface area contributed by atoms with E-state index in [1.165, 1.54) is 4.68 Å². The standard InChI is InChI=1S/C6H13N5/c1-3(2)6-10-4(7)5(8)11(6)9/h3H,7-9H2,1-2H3. The maximum Gasteiger partial charge on any atom is 0.168 e. The van der Waals surface area contributed by atoms with E-state index in [-0.39, 0.29) is 5.92 Å². The number of hydrogen-bond donors (Lipinski definition) is 3. The molecule has 1 rings (SSSR count). The molecule has 5 nitrogen and oxygen atoms in total. The first-order chi connectivity index (χ1) is 5.04. The first-order valence-corrected chi connectivity index (χ1v) is 3.42. The number of anilines is 2. The highest BCUT2D eigenvalue weighted by Crippen LogP contribution is 2.18. The van der Waals surface area contributed by atoms with Crippen molar-refractivity contribution >= 4 is 11.6 Å². The number of nitrogens with two attached hydrogens (primary N) is 3. The van der Waals surface area contributed by atoms with Crippen LogP contribution in [0.25, 0.3) is 0 Å². The highest BCUT2D eigenvalue weighted by molar-refractivity contribution is 5.54. The number of imidazole rings is 1. The van der Waals surface area contributed by atoms with Crippen LogP contribution >= 0.6 is 0 Å². The van der Waals surface area contributed by atoms with Crippen molar-refractivity contribution in [2.24, 2.45) is 0 Å². The van der Waals surface area contributed by atoms with Crippen LogP contribution in [0.15, 0.2) is 0 Å². The highest BCUT2D eigenvalue weighted by atomic mass is 15.4. The summed E-state index contributed by atoms with van der Waals surface area (Å²) in [4.78, 5) is 4.00. The molecule has 62 valence electrons. The topological polar surface area (TPSA) is 95.9 Å². The summed E-state index contributed by atoms with van der Waals surface area (Å²) in [6, 6.07) is 0. The summed E-state index contributed by atoms with van der Waals surface area (Å²) in [5.41, 5.74) is 10.9. The molecule has 0 unspecified atom stereocenters. The number of nitrogens with zero attached hydrogens (tertiary/aromatic N) is 2. The summed E-state index contributed by atoms with van der Waals surface area (Å²) in [5, 5.41) is 0. The molecule has 0 radical (unpaired) electrons. The van der Waals surface area contributed by atoms with Gasteiger partial charge in [0.25, 0.3) is 0 Å². The Balaban J connectivity index is 3.19. The van der Waals surface area contributed by atoms with Crippen LogP contribution in [0.1, 0.15) is 25.6 Å². The van der Waals surface area contributed by atoms with E-state index in [0.717, 1.165) is 0 Å². The molecule has 0 saturated carbocycles. The van der Waals surface area contributed by atoms with Gasteiger partial charge in [-0.3, -0.25) is 0 Å². The van der Waals surface area contributed by atoms with Gasteiger partial charge in [-0.1, -0.05) is 13.8 Å². The average molecular weight is 155 g/mol. The van der Waals surface area contributed by atoms with Crippen LogP contribution in [-0.4, -0.2) is 9.66 Å². The summed E-state index contributed by atoms with van der Waals surface area (Å²) < 4.78 is 1.32. The predicted molar refractivity (Wildman–Crippen MR) is 45.3 cm³/mol. The fourth-order valence-electron chi connectivity index (χ4n) is 0.889. The largest absolute Gasteiger partial charge is 0.381 e. The van der Waals surface area contributed by atoms with Gasteiger partial charge in [-0.25, -0.2) is 9.66 Å². The van der Waals surface area contributed by atoms with Crippen molar-refractivity contribution in [2.45, 2.75) is 19.8 Å². The van der Waals surface area contributed by atoms with Crippen molar-refractivity contribution < 1.29 is 0 Å². The van der Waals surface area contributed by atoms with E-state index in [0.29, 0.717) is 17.5 Å². The van der Waals surface area contributed by atoms with E-state index in [1.807, 2.05) is 13.8 Å². The van der Waals surface area contributed by atoms with E-state index in [1.54, 1.807) is 0 Å². The summed E-state index contributed by atoms with van der Waals surface area (Å²) in [5.74, 6) is 7.13. The fourth-order valence-corrected chi connectivity index (χ4v) is 0.889. The van der Waals surface area contributed by atoms with Gasteiger partial charge in [0, 0.05) is 5.92 Å². The molecule has 1 aromatic rings. The zero-order valence-corrected chi connectivity index (χ0v) is 6.70. The lowest BCUT2D eigenvalue weighted by atomic mass is 10.2. The van der Waals surface area contributed by atoms with Crippen molar-refractivity contribution in [2.75, 3.05) is 17.3 Å². The number of aromatic nitrogens is 2. The molecule has 6 N–H and O–H groups in total. The lowest BCUT2D eigenvalue weighted by Gasteiger charge is -2.03. The lowest BCUT2D eigenvalue weighted by Crippen LogP contribution is -2.16. The van der Waals surface area contributed by atoms with Crippen LogP contribution in [-0.2, 0) is 0 Å². The average Bonchev–Trinajstić information content (AvgIpc) is 2.17. The van der Waals surface area contributed by atoms with Gasteiger partial charge >= 0.3 is 0 Å². The van der Waals surface area contributed by atoms with Crippen molar-refractivity contribution in [1.29, 1.82) is 0 Å². The second kappa shape index (κ2) is 2.34. The SMILES string of the molecule is CC(C)c1nc(N)c(N)n1N. The van der Waals surface area contributed by atoms with Crippen LogP contribution < -0.4 is 17.3 Å². The summed E-state index contributed by atoms with van der Waals surface area (Å²) >= 11 is 0. The van der Waals surface area contributed by atoms with Gasteiger partial charge < -0.3 is 17.3 Å². The van der Waals surface area contributed by atoms with E-state index < -0.39 is 0 Å². The van der Waals surface area contributed by atoms with Crippen LogP contribution in [0.5, 0.6) is 0 Å². The Bertz CT molecular complexity index is 262. The van der Waals surface area contributed by atoms with Gasteiger partial charge in [-0.05, 0) is 0 Å². The molecule has 0 aliphatic rings. The maximum atomic E-state index is 5.55. The second-order valence-electron chi connectivity index (χ2n) is 2.77. The van der Waals surface area contributed by atoms with E-state index in [4.69, 9.17) is 17.3 Å². The Morgan fingerprint density at radius 1 is 1.36 bits per heavy atom. The van der Waals surface area contributed by atoms with Gasteiger partial charge in [0.1, 0.15) is 5.82 Å². The Labute approximate surface area is 65.2 Å². The van der Waals surface area contributed by atoms with Gasteiger partial charge in [0.05, 0.1) is 0 Å². The molecule has 0 aromatic carbocycles. The molecule has 1 aromatic heterocycles. The number of nitrogen functional groups attached to an aromatic ring is 3. The van der Waals surface area contributed by atoms with Crippen molar-refractivity contribution in [3.05, 3.63) is 5.82 Å². The van der Waals surface area contributed by atoms with Crippen LogP contribution in [0.4, 0.5) is 11.6 Å². The molecule has 0 saturated heterocycles. The van der Waals surface area contributed by atoms with E-state index >= 15 is 0 Å². The van der Waals surface area contributed by atoms with Crippen LogP contribution in [0, 0.1) is 0 Å². The third kappa shape index (κ3) is 1.09. The minimum absolute atomic E-state index is 0.236. The molecular formula is C6H13N5. The molecule has 0 spiro atoms. The Hall–Kier alpha value is -1.39. The van der Waals surface area contributed by atoms with Crippen molar-refractivity contribution in [3.63, 3.8) is 0 Å². The number of rotatable bonds is 1. The molecule has 11 heavy (non-hydrogen) atoms. The normalized spacial score (nSPS) is 10.8. The number of hydrogen-bond acceptors (Lipinski definition) is 4. The first-order valence-electron chi connectivity index (χ1n) is 3.42. The maximum absolute atomic E-state index is 5.55. The second-order valence-corrected chi connectivity index (χ2v) is 2.77. The van der Waals surface area contributed by atoms with Crippen LogP contribution in [0.3, 0.4) is 0 Å². The first kappa shape index (κ1) is 7.71.